The summed E-state index contributed by atoms with van der Waals surface area (Å²) < 4.78 is 0. The summed E-state index contributed by atoms with van der Waals surface area (Å²) in [6, 6.07) is 7.84. The Balaban J connectivity index is 2.21. The van der Waals surface area contributed by atoms with Crippen LogP contribution in [0.3, 0.4) is 0 Å². The van der Waals surface area contributed by atoms with Gasteiger partial charge in [-0.1, -0.05) is 24.8 Å². The summed E-state index contributed by atoms with van der Waals surface area (Å²) in [4.78, 5) is 12.4. The van der Waals surface area contributed by atoms with Crippen molar-refractivity contribution in [1.82, 2.24) is 0 Å². The molecule has 0 saturated carbocycles. The smallest absolute Gasteiger partial charge is 0.154 e. The van der Waals surface area contributed by atoms with E-state index in [-0.39, 0.29) is 0 Å². The number of nitrogens with two attached hydrogens (primary N) is 1. The average molecular weight is 241 g/mol. The van der Waals surface area contributed by atoms with Gasteiger partial charge in [-0.2, -0.15) is 0 Å². The first-order valence-electron chi connectivity index (χ1n) is 5.56. The monoisotopic (exact) mass is 241 g/mol. The van der Waals surface area contributed by atoms with Crippen molar-refractivity contribution in [3.8, 4) is 0 Å². The van der Waals surface area contributed by atoms with Crippen LogP contribution in [-0.2, 0) is 0 Å². The summed E-state index contributed by atoms with van der Waals surface area (Å²) in [5.41, 5.74) is 8.31. The van der Waals surface area contributed by atoms with Crippen molar-refractivity contribution < 1.29 is 0 Å². The van der Waals surface area contributed by atoms with Crippen molar-refractivity contribution in [2.24, 2.45) is 20.7 Å². The predicted octanol–water partition coefficient (Wildman–Crippen LogP) is 1.54. The second-order valence-electron chi connectivity index (χ2n) is 3.72. The standard InChI is InChI=1S/C13H15N5/c1-3-9-5-4-6-10(7-9)18-13(15-2)11-12(14)17-8-16-11/h3-7H,1,8H2,2H3,(H2,14,17)(H,15,18). The Labute approximate surface area is 106 Å². The minimum Gasteiger partial charge on any atom is -0.382 e. The van der Waals surface area contributed by atoms with E-state index in [0.29, 0.717) is 24.1 Å². The zero-order chi connectivity index (χ0) is 13.0. The fourth-order valence-electron chi connectivity index (χ4n) is 1.64. The second-order valence-corrected chi connectivity index (χ2v) is 3.72. The summed E-state index contributed by atoms with van der Waals surface area (Å²) in [5.74, 6) is 1.04. The average Bonchev–Trinajstić information content (AvgIpc) is 2.82. The number of nitrogens with one attached hydrogen (secondary N) is 1. The van der Waals surface area contributed by atoms with Crippen molar-refractivity contribution >= 4 is 29.1 Å². The number of aliphatic imine (C=N–C) groups is 3. The van der Waals surface area contributed by atoms with Crippen LogP contribution in [0.2, 0.25) is 0 Å². The van der Waals surface area contributed by atoms with Gasteiger partial charge in [-0.25, -0.2) is 4.99 Å². The van der Waals surface area contributed by atoms with E-state index < -0.39 is 0 Å². The highest BCUT2D eigenvalue weighted by molar-refractivity contribution is 6.70. The van der Waals surface area contributed by atoms with E-state index in [1.54, 1.807) is 13.1 Å². The maximum absolute atomic E-state index is 5.75. The van der Waals surface area contributed by atoms with Gasteiger partial charge in [0.1, 0.15) is 18.2 Å². The van der Waals surface area contributed by atoms with Gasteiger partial charge in [-0.15, -0.1) is 0 Å². The Kier molecular flexibility index (Phi) is 3.52. The molecule has 0 aromatic heterocycles. The van der Waals surface area contributed by atoms with Gasteiger partial charge in [0.25, 0.3) is 0 Å². The molecule has 5 nitrogen and oxygen atoms in total. The molecule has 0 spiro atoms. The van der Waals surface area contributed by atoms with Crippen LogP contribution in [0.4, 0.5) is 5.69 Å². The van der Waals surface area contributed by atoms with Gasteiger partial charge in [-0.05, 0) is 17.7 Å². The van der Waals surface area contributed by atoms with Crippen LogP contribution in [0.25, 0.3) is 6.08 Å². The summed E-state index contributed by atoms with van der Waals surface area (Å²) >= 11 is 0. The van der Waals surface area contributed by atoms with E-state index in [4.69, 9.17) is 5.73 Å². The van der Waals surface area contributed by atoms with E-state index in [2.05, 4.69) is 26.9 Å². The number of anilines is 1. The molecule has 3 N–H and O–H groups in total. The number of amidine groups is 2. The van der Waals surface area contributed by atoms with Crippen LogP contribution in [0.1, 0.15) is 5.56 Å². The highest BCUT2D eigenvalue weighted by Gasteiger charge is 2.16. The highest BCUT2D eigenvalue weighted by Crippen LogP contribution is 2.12. The number of nitrogens with zero attached hydrogens (tertiary/aromatic N) is 3. The Hall–Kier alpha value is -2.43. The molecule has 18 heavy (non-hydrogen) atoms. The number of rotatable bonds is 3. The predicted molar refractivity (Wildman–Crippen MR) is 77.4 cm³/mol. The molecule has 1 aromatic rings. The summed E-state index contributed by atoms with van der Waals surface area (Å²) in [6.45, 7) is 4.11. The number of hydrogen-bond donors (Lipinski definition) is 2. The minimum atomic E-state index is 0.370. The molecule has 0 fully saturated rings. The van der Waals surface area contributed by atoms with Crippen LogP contribution in [-0.4, -0.2) is 31.1 Å². The Morgan fingerprint density at radius 1 is 1.50 bits per heavy atom. The van der Waals surface area contributed by atoms with Gasteiger partial charge in [0, 0.05) is 12.7 Å². The molecule has 0 unspecified atom stereocenters. The minimum absolute atomic E-state index is 0.370. The molecule has 1 aliphatic heterocycles. The first-order valence-corrected chi connectivity index (χ1v) is 5.56. The molecule has 92 valence electrons. The molecular formula is C13H15N5. The molecule has 1 heterocycles. The van der Waals surface area contributed by atoms with Crippen molar-refractivity contribution in [2.75, 3.05) is 19.0 Å². The van der Waals surface area contributed by atoms with Crippen molar-refractivity contribution in [2.45, 2.75) is 0 Å². The van der Waals surface area contributed by atoms with Crippen LogP contribution in [0, 0.1) is 0 Å². The zero-order valence-corrected chi connectivity index (χ0v) is 10.2. The third-order valence-corrected chi connectivity index (χ3v) is 2.55. The lowest BCUT2D eigenvalue weighted by molar-refractivity contribution is 1.10. The molecule has 2 rings (SSSR count). The van der Waals surface area contributed by atoms with Gasteiger partial charge < -0.3 is 11.1 Å². The van der Waals surface area contributed by atoms with E-state index in [1.165, 1.54) is 0 Å². The molecule has 0 saturated heterocycles. The van der Waals surface area contributed by atoms with Crippen LogP contribution < -0.4 is 11.1 Å². The quantitative estimate of drug-likeness (QED) is 0.622. The Morgan fingerprint density at radius 2 is 2.33 bits per heavy atom. The Bertz CT molecular complexity index is 554. The third kappa shape index (κ3) is 2.45. The number of benzene rings is 1. The molecule has 5 heteroatoms. The van der Waals surface area contributed by atoms with Gasteiger partial charge in [0.05, 0.1) is 0 Å². The molecule has 1 aliphatic rings. The van der Waals surface area contributed by atoms with Gasteiger partial charge in [-0.3, -0.25) is 9.98 Å². The topological polar surface area (TPSA) is 75.1 Å². The maximum atomic E-state index is 5.75. The summed E-state index contributed by atoms with van der Waals surface area (Å²) in [5, 5.41) is 3.19. The lowest BCUT2D eigenvalue weighted by Crippen LogP contribution is -2.33. The van der Waals surface area contributed by atoms with E-state index in [0.717, 1.165) is 11.3 Å². The fourth-order valence-corrected chi connectivity index (χ4v) is 1.64. The van der Waals surface area contributed by atoms with Gasteiger partial charge in [0.2, 0.25) is 0 Å². The SMILES string of the molecule is C=Cc1cccc(NC(=NC)C2=NCN=C2N)c1. The van der Waals surface area contributed by atoms with Crippen molar-refractivity contribution in [1.29, 1.82) is 0 Å². The molecule has 0 atom stereocenters. The molecule has 0 amide bonds. The lowest BCUT2D eigenvalue weighted by Gasteiger charge is -2.09. The number of hydrogen-bond acceptors (Lipinski definition) is 4. The van der Waals surface area contributed by atoms with E-state index >= 15 is 0 Å². The largest absolute Gasteiger partial charge is 0.382 e. The normalized spacial score (nSPS) is 15.1. The van der Waals surface area contributed by atoms with Crippen LogP contribution in [0.5, 0.6) is 0 Å². The molecule has 0 aliphatic carbocycles. The molecular weight excluding hydrogens is 226 g/mol. The molecule has 1 aromatic carbocycles. The van der Waals surface area contributed by atoms with E-state index in [9.17, 15) is 0 Å². The Morgan fingerprint density at radius 3 is 2.94 bits per heavy atom. The first kappa shape index (κ1) is 12.0. The molecule has 0 radical (unpaired) electrons. The van der Waals surface area contributed by atoms with Gasteiger partial charge >= 0.3 is 0 Å². The van der Waals surface area contributed by atoms with Crippen LogP contribution in [0.15, 0.2) is 45.8 Å². The first-order chi connectivity index (χ1) is 8.74. The maximum Gasteiger partial charge on any atom is 0.154 e. The second kappa shape index (κ2) is 5.27. The summed E-state index contributed by atoms with van der Waals surface area (Å²) in [6.07, 6.45) is 1.79. The van der Waals surface area contributed by atoms with Crippen molar-refractivity contribution in [3.63, 3.8) is 0 Å². The zero-order valence-electron chi connectivity index (χ0n) is 10.2. The fraction of sp³-hybridized carbons (Fsp3) is 0.154. The van der Waals surface area contributed by atoms with Crippen LogP contribution >= 0.6 is 0 Å². The molecule has 0 bridgehead atoms. The van der Waals surface area contributed by atoms with E-state index in [1.807, 2.05) is 24.3 Å². The highest BCUT2D eigenvalue weighted by atomic mass is 15.1. The van der Waals surface area contributed by atoms with Crippen molar-refractivity contribution in [3.05, 3.63) is 36.4 Å². The van der Waals surface area contributed by atoms with Gasteiger partial charge in [0.15, 0.2) is 5.84 Å². The summed E-state index contributed by atoms with van der Waals surface area (Å²) in [7, 11) is 1.69. The third-order valence-electron chi connectivity index (χ3n) is 2.55. The lowest BCUT2D eigenvalue weighted by atomic mass is 10.2.